The second-order valence-corrected chi connectivity index (χ2v) is 5.23. The van der Waals surface area contributed by atoms with Gasteiger partial charge in [-0.25, -0.2) is 0 Å². The van der Waals surface area contributed by atoms with Gasteiger partial charge in [-0.1, -0.05) is 0 Å². The molecule has 1 amide bonds. The molecule has 1 saturated carbocycles. The van der Waals surface area contributed by atoms with Crippen LogP contribution in [0.2, 0.25) is 0 Å². The van der Waals surface area contributed by atoms with Crippen LogP contribution in [0.25, 0.3) is 0 Å². The lowest BCUT2D eigenvalue weighted by atomic mass is 9.89. The van der Waals surface area contributed by atoms with Crippen molar-refractivity contribution in [3.8, 4) is 0 Å². The van der Waals surface area contributed by atoms with Crippen LogP contribution in [-0.4, -0.2) is 36.7 Å². The molecule has 5 heteroatoms. The van der Waals surface area contributed by atoms with Crippen molar-refractivity contribution in [2.45, 2.75) is 33.1 Å². The highest BCUT2D eigenvalue weighted by Crippen LogP contribution is 2.28. The highest BCUT2D eigenvalue weighted by atomic mass is 16.5. The largest absolute Gasteiger partial charge is 0.481 e. The van der Waals surface area contributed by atoms with Crippen molar-refractivity contribution in [1.82, 2.24) is 5.32 Å². The van der Waals surface area contributed by atoms with Crippen LogP contribution in [0.5, 0.6) is 0 Å². The normalized spacial score (nSPS) is 15.6. The molecule has 0 bridgehead atoms. The van der Waals surface area contributed by atoms with Gasteiger partial charge in [0.15, 0.2) is 0 Å². The van der Waals surface area contributed by atoms with Crippen LogP contribution in [0.4, 0.5) is 0 Å². The maximum Gasteiger partial charge on any atom is 0.309 e. The lowest BCUT2D eigenvalue weighted by molar-refractivity contribution is -0.149. The summed E-state index contributed by atoms with van der Waals surface area (Å²) in [6.45, 7) is 4.80. The predicted molar refractivity (Wildman–Crippen MR) is 62.6 cm³/mol. The second-order valence-electron chi connectivity index (χ2n) is 5.23. The Bertz CT molecular complexity index is 284. The summed E-state index contributed by atoms with van der Waals surface area (Å²) in [5.74, 6) is -0.485. The summed E-state index contributed by atoms with van der Waals surface area (Å²) in [6, 6.07) is 0. The molecule has 0 heterocycles. The molecule has 0 radical (unpaired) electrons. The Hall–Kier alpha value is -1.10. The van der Waals surface area contributed by atoms with E-state index in [2.05, 4.69) is 5.32 Å². The lowest BCUT2D eigenvalue weighted by Gasteiger charge is -2.18. The van der Waals surface area contributed by atoms with Gasteiger partial charge in [0.2, 0.25) is 5.91 Å². The van der Waals surface area contributed by atoms with Crippen molar-refractivity contribution in [1.29, 1.82) is 0 Å². The zero-order valence-electron chi connectivity index (χ0n) is 10.5. The first-order valence-corrected chi connectivity index (χ1v) is 5.99. The molecule has 0 unspecified atom stereocenters. The Morgan fingerprint density at radius 2 is 2.06 bits per heavy atom. The van der Waals surface area contributed by atoms with E-state index in [4.69, 9.17) is 9.84 Å². The molecule has 2 N–H and O–H groups in total. The minimum Gasteiger partial charge on any atom is -0.481 e. The van der Waals surface area contributed by atoms with Crippen molar-refractivity contribution in [2.75, 3.05) is 19.8 Å². The molecule has 0 aliphatic heterocycles. The number of hydrogen-bond acceptors (Lipinski definition) is 3. The molecule has 0 aromatic carbocycles. The lowest BCUT2D eigenvalue weighted by Crippen LogP contribution is -2.34. The van der Waals surface area contributed by atoms with Crippen LogP contribution in [0.3, 0.4) is 0 Å². The number of carbonyl (C=O) groups is 2. The fourth-order valence-corrected chi connectivity index (χ4v) is 1.34. The number of ether oxygens (including phenoxy) is 1. The summed E-state index contributed by atoms with van der Waals surface area (Å²) in [7, 11) is 0. The smallest absolute Gasteiger partial charge is 0.309 e. The summed E-state index contributed by atoms with van der Waals surface area (Å²) >= 11 is 0. The third kappa shape index (κ3) is 5.68. The van der Waals surface area contributed by atoms with Crippen molar-refractivity contribution in [2.24, 2.45) is 11.3 Å². The number of carboxylic acid groups (broad SMARTS) is 1. The number of carbonyl (C=O) groups excluding carboxylic acids is 1. The molecule has 5 nitrogen and oxygen atoms in total. The second kappa shape index (κ2) is 6.00. The summed E-state index contributed by atoms with van der Waals surface area (Å²) in [5, 5.41) is 11.5. The molecule has 0 atom stereocenters. The first-order chi connectivity index (χ1) is 7.92. The van der Waals surface area contributed by atoms with E-state index in [0.29, 0.717) is 13.2 Å². The van der Waals surface area contributed by atoms with E-state index in [-0.39, 0.29) is 12.3 Å². The number of hydrogen-bond donors (Lipinski definition) is 2. The molecule has 0 saturated heterocycles. The van der Waals surface area contributed by atoms with Gasteiger partial charge in [0, 0.05) is 19.6 Å². The van der Waals surface area contributed by atoms with Crippen LogP contribution in [0, 0.1) is 11.3 Å². The zero-order chi connectivity index (χ0) is 12.9. The van der Waals surface area contributed by atoms with Gasteiger partial charge in [-0.05, 0) is 32.6 Å². The quantitative estimate of drug-likeness (QED) is 0.624. The molecule has 0 aromatic heterocycles. The van der Waals surface area contributed by atoms with E-state index in [9.17, 15) is 9.59 Å². The van der Waals surface area contributed by atoms with E-state index >= 15 is 0 Å². The van der Waals surface area contributed by atoms with Gasteiger partial charge < -0.3 is 15.2 Å². The standard InChI is InChI=1S/C12H21NO4/c1-12(2,11(15)16)7-10(14)13-5-6-17-8-9-3-4-9/h9H,3-8H2,1-2H3,(H,13,14)(H,15,16). The molecule has 98 valence electrons. The summed E-state index contributed by atoms with van der Waals surface area (Å²) in [4.78, 5) is 22.3. The number of carboxylic acids is 1. The van der Waals surface area contributed by atoms with Crippen LogP contribution in [0.1, 0.15) is 33.1 Å². The number of rotatable bonds is 8. The van der Waals surface area contributed by atoms with Gasteiger partial charge >= 0.3 is 5.97 Å². The highest BCUT2D eigenvalue weighted by molar-refractivity contribution is 5.84. The van der Waals surface area contributed by atoms with E-state index in [0.717, 1.165) is 12.5 Å². The molecular weight excluding hydrogens is 222 g/mol. The van der Waals surface area contributed by atoms with Gasteiger partial charge in [-0.2, -0.15) is 0 Å². The average molecular weight is 243 g/mol. The highest BCUT2D eigenvalue weighted by Gasteiger charge is 2.29. The minimum absolute atomic E-state index is 0.00897. The van der Waals surface area contributed by atoms with Crippen molar-refractivity contribution >= 4 is 11.9 Å². The maximum atomic E-state index is 11.4. The van der Waals surface area contributed by atoms with Crippen molar-refractivity contribution in [3.63, 3.8) is 0 Å². The van der Waals surface area contributed by atoms with Gasteiger partial charge in [0.25, 0.3) is 0 Å². The minimum atomic E-state index is -1.01. The molecule has 17 heavy (non-hydrogen) atoms. The summed E-state index contributed by atoms with van der Waals surface area (Å²) in [5.41, 5.74) is -1.01. The van der Waals surface area contributed by atoms with E-state index in [1.807, 2.05) is 0 Å². The van der Waals surface area contributed by atoms with Crippen LogP contribution >= 0.6 is 0 Å². The fraction of sp³-hybridized carbons (Fsp3) is 0.833. The number of nitrogens with one attached hydrogen (secondary N) is 1. The Morgan fingerprint density at radius 1 is 1.41 bits per heavy atom. The van der Waals surface area contributed by atoms with Gasteiger partial charge in [-0.3, -0.25) is 9.59 Å². The van der Waals surface area contributed by atoms with E-state index in [1.54, 1.807) is 13.8 Å². The molecule has 1 fully saturated rings. The third-order valence-corrected chi connectivity index (χ3v) is 2.80. The first-order valence-electron chi connectivity index (χ1n) is 5.99. The maximum absolute atomic E-state index is 11.4. The topological polar surface area (TPSA) is 75.6 Å². The zero-order valence-corrected chi connectivity index (χ0v) is 10.5. The monoisotopic (exact) mass is 243 g/mol. The number of aliphatic carboxylic acids is 1. The molecule has 1 aliphatic carbocycles. The Morgan fingerprint density at radius 3 is 2.59 bits per heavy atom. The van der Waals surface area contributed by atoms with Crippen LogP contribution in [-0.2, 0) is 14.3 Å². The Kier molecular flexibility index (Phi) is 4.93. The third-order valence-electron chi connectivity index (χ3n) is 2.80. The van der Waals surface area contributed by atoms with Crippen LogP contribution < -0.4 is 5.32 Å². The Balaban J connectivity index is 2.05. The molecule has 0 aromatic rings. The predicted octanol–water partition coefficient (Wildman–Crippen LogP) is 1.03. The van der Waals surface area contributed by atoms with Gasteiger partial charge in [0.05, 0.1) is 12.0 Å². The average Bonchev–Trinajstić information content (AvgIpc) is 3.00. The van der Waals surface area contributed by atoms with Gasteiger partial charge in [-0.15, -0.1) is 0 Å². The summed E-state index contributed by atoms with van der Waals surface area (Å²) < 4.78 is 5.35. The van der Waals surface area contributed by atoms with Crippen molar-refractivity contribution in [3.05, 3.63) is 0 Å². The first kappa shape index (κ1) is 14.0. The van der Waals surface area contributed by atoms with Crippen LogP contribution in [0.15, 0.2) is 0 Å². The molecule has 1 aliphatic rings. The number of amides is 1. The van der Waals surface area contributed by atoms with Gasteiger partial charge in [0.1, 0.15) is 0 Å². The summed E-state index contributed by atoms with van der Waals surface area (Å²) in [6.07, 6.45) is 2.49. The van der Waals surface area contributed by atoms with E-state index < -0.39 is 11.4 Å². The van der Waals surface area contributed by atoms with Crippen molar-refractivity contribution < 1.29 is 19.4 Å². The Labute approximate surface area is 102 Å². The SMILES string of the molecule is CC(C)(CC(=O)NCCOCC1CC1)C(=O)O. The molecular formula is C12H21NO4. The fourth-order valence-electron chi connectivity index (χ4n) is 1.34. The molecule has 1 rings (SSSR count). The molecule has 0 spiro atoms. The van der Waals surface area contributed by atoms with E-state index in [1.165, 1.54) is 12.8 Å².